The molecule has 1 aliphatic rings. The van der Waals surface area contributed by atoms with Gasteiger partial charge in [0.15, 0.2) is 0 Å². The Labute approximate surface area is 155 Å². The number of pyridine rings is 1. The number of nitrogens with one attached hydrogen (secondary N) is 2. The fraction of sp³-hybridized carbons (Fsp3) is 0.562. The average molecular weight is 377 g/mol. The lowest BCUT2D eigenvalue weighted by atomic mass is 10.1. The van der Waals surface area contributed by atoms with Crippen molar-refractivity contribution in [3.63, 3.8) is 0 Å². The molecule has 136 valence electrons. The van der Waals surface area contributed by atoms with Crippen molar-refractivity contribution in [3.05, 3.63) is 30.1 Å². The molecule has 24 heavy (non-hydrogen) atoms. The van der Waals surface area contributed by atoms with Gasteiger partial charge in [0, 0.05) is 44.4 Å². The highest BCUT2D eigenvalue weighted by Gasteiger charge is 2.18. The van der Waals surface area contributed by atoms with Gasteiger partial charge in [0.05, 0.1) is 6.54 Å². The highest BCUT2D eigenvalue weighted by molar-refractivity contribution is 5.86. The average Bonchev–Trinajstić information content (AvgIpc) is 3.04. The van der Waals surface area contributed by atoms with Crippen molar-refractivity contribution < 1.29 is 9.59 Å². The lowest BCUT2D eigenvalue weighted by molar-refractivity contribution is -0.131. The SMILES string of the molecule is CN(CCc1ccccn1)C(=O)CNC(=O)CC1CCCN1.Cl.Cl. The maximum atomic E-state index is 12.0. The monoisotopic (exact) mass is 376 g/mol. The molecule has 8 heteroatoms. The molecule has 6 nitrogen and oxygen atoms in total. The Balaban J connectivity index is 0.00000264. The number of carbonyl (C=O) groups excluding carboxylic acids is 2. The van der Waals surface area contributed by atoms with Crippen LogP contribution >= 0.6 is 24.8 Å². The van der Waals surface area contributed by atoms with Gasteiger partial charge in [-0.3, -0.25) is 14.6 Å². The lowest BCUT2D eigenvalue weighted by Gasteiger charge is -2.17. The van der Waals surface area contributed by atoms with Crippen LogP contribution in [0.2, 0.25) is 0 Å². The molecule has 1 aromatic heterocycles. The molecular formula is C16H26Cl2N4O2. The molecule has 2 N–H and O–H groups in total. The van der Waals surface area contributed by atoms with Gasteiger partial charge < -0.3 is 15.5 Å². The maximum absolute atomic E-state index is 12.0. The molecule has 2 amide bonds. The van der Waals surface area contributed by atoms with E-state index in [4.69, 9.17) is 0 Å². The van der Waals surface area contributed by atoms with E-state index in [0.29, 0.717) is 19.4 Å². The van der Waals surface area contributed by atoms with Gasteiger partial charge >= 0.3 is 0 Å². The van der Waals surface area contributed by atoms with E-state index in [-0.39, 0.29) is 49.2 Å². The van der Waals surface area contributed by atoms with Crippen LogP contribution in [0, 0.1) is 0 Å². The highest BCUT2D eigenvalue weighted by Crippen LogP contribution is 2.08. The minimum absolute atomic E-state index is 0. The zero-order chi connectivity index (χ0) is 15.8. The Kier molecular flexibility index (Phi) is 11.4. The van der Waals surface area contributed by atoms with Crippen LogP contribution in [0.25, 0.3) is 0 Å². The summed E-state index contributed by atoms with van der Waals surface area (Å²) in [5.41, 5.74) is 0.957. The van der Waals surface area contributed by atoms with Crippen molar-refractivity contribution >= 4 is 36.6 Å². The number of halogens is 2. The number of nitrogens with zero attached hydrogens (tertiary/aromatic N) is 2. The molecule has 0 bridgehead atoms. The predicted octanol–water partition coefficient (Wildman–Crippen LogP) is 1.18. The van der Waals surface area contributed by atoms with Crippen LogP contribution in [0.15, 0.2) is 24.4 Å². The number of aromatic nitrogens is 1. The minimum Gasteiger partial charge on any atom is -0.347 e. The number of rotatable bonds is 7. The van der Waals surface area contributed by atoms with Gasteiger partial charge in [-0.25, -0.2) is 0 Å². The second kappa shape index (κ2) is 12.1. The maximum Gasteiger partial charge on any atom is 0.241 e. The Bertz CT molecular complexity index is 496. The van der Waals surface area contributed by atoms with E-state index in [2.05, 4.69) is 15.6 Å². The summed E-state index contributed by atoms with van der Waals surface area (Å²) in [6.07, 6.45) is 5.06. The summed E-state index contributed by atoms with van der Waals surface area (Å²) >= 11 is 0. The number of carbonyl (C=O) groups is 2. The molecule has 0 aliphatic carbocycles. The number of likely N-dealkylation sites (N-methyl/N-ethyl adjacent to an activating group) is 1. The third-order valence-electron chi connectivity index (χ3n) is 3.89. The van der Waals surface area contributed by atoms with E-state index in [1.165, 1.54) is 0 Å². The third kappa shape index (κ3) is 7.95. The molecule has 1 atom stereocenters. The van der Waals surface area contributed by atoms with Gasteiger partial charge in [0.25, 0.3) is 0 Å². The number of hydrogen-bond donors (Lipinski definition) is 2. The summed E-state index contributed by atoms with van der Waals surface area (Å²) in [6.45, 7) is 1.63. The predicted molar refractivity (Wildman–Crippen MR) is 98.7 cm³/mol. The van der Waals surface area contributed by atoms with Crippen molar-refractivity contribution in [1.29, 1.82) is 0 Å². The normalized spacial score (nSPS) is 15.8. The second-order valence-corrected chi connectivity index (χ2v) is 5.66. The first-order valence-corrected chi connectivity index (χ1v) is 7.79. The van der Waals surface area contributed by atoms with Gasteiger partial charge in [-0.1, -0.05) is 6.07 Å². The molecule has 1 fully saturated rings. The molecule has 1 aliphatic heterocycles. The van der Waals surface area contributed by atoms with Gasteiger partial charge in [-0.15, -0.1) is 24.8 Å². The standard InChI is InChI=1S/C16H24N4O2.2ClH/c1-20(10-7-13-5-2-3-8-17-13)16(22)12-19-15(21)11-14-6-4-9-18-14;;/h2-3,5,8,14,18H,4,6-7,9-12H2,1H3,(H,19,21);2*1H. The molecular weight excluding hydrogens is 351 g/mol. The van der Waals surface area contributed by atoms with Crippen LogP contribution in [0.1, 0.15) is 25.0 Å². The second-order valence-electron chi connectivity index (χ2n) is 5.66. The van der Waals surface area contributed by atoms with Crippen LogP contribution in [0.5, 0.6) is 0 Å². The molecule has 0 aromatic carbocycles. The number of hydrogen-bond acceptors (Lipinski definition) is 4. The number of amides is 2. The summed E-state index contributed by atoms with van der Waals surface area (Å²) in [6, 6.07) is 6.00. The molecule has 0 radical (unpaired) electrons. The third-order valence-corrected chi connectivity index (χ3v) is 3.89. The Morgan fingerprint density at radius 2 is 2.17 bits per heavy atom. The summed E-state index contributed by atoms with van der Waals surface area (Å²) in [5, 5.41) is 5.98. The Hall–Kier alpha value is -1.37. The minimum atomic E-state index is -0.0799. The van der Waals surface area contributed by atoms with Crippen LogP contribution in [0.3, 0.4) is 0 Å². The summed E-state index contributed by atoms with van der Waals surface area (Å²) in [4.78, 5) is 29.6. The highest BCUT2D eigenvalue weighted by atomic mass is 35.5. The van der Waals surface area contributed by atoms with E-state index in [0.717, 1.165) is 25.1 Å². The van der Waals surface area contributed by atoms with Gasteiger partial charge in [0.1, 0.15) is 0 Å². The largest absolute Gasteiger partial charge is 0.347 e. The lowest BCUT2D eigenvalue weighted by Crippen LogP contribution is -2.40. The van der Waals surface area contributed by atoms with E-state index >= 15 is 0 Å². The Morgan fingerprint density at radius 1 is 1.38 bits per heavy atom. The summed E-state index contributed by atoms with van der Waals surface area (Å²) in [7, 11) is 1.75. The molecule has 1 saturated heterocycles. The van der Waals surface area contributed by atoms with Gasteiger partial charge in [0.2, 0.25) is 11.8 Å². The van der Waals surface area contributed by atoms with Crippen molar-refractivity contribution in [2.24, 2.45) is 0 Å². The van der Waals surface area contributed by atoms with Gasteiger partial charge in [-0.2, -0.15) is 0 Å². The first-order valence-electron chi connectivity index (χ1n) is 7.79. The first kappa shape index (κ1) is 22.6. The smallest absolute Gasteiger partial charge is 0.241 e. The van der Waals surface area contributed by atoms with Crippen LogP contribution in [-0.2, 0) is 16.0 Å². The fourth-order valence-electron chi connectivity index (χ4n) is 2.49. The molecule has 0 spiro atoms. The zero-order valence-electron chi connectivity index (χ0n) is 13.9. The van der Waals surface area contributed by atoms with Crippen molar-refractivity contribution in [2.75, 3.05) is 26.7 Å². The van der Waals surface area contributed by atoms with E-state index < -0.39 is 0 Å². The topological polar surface area (TPSA) is 74.3 Å². The van der Waals surface area contributed by atoms with E-state index in [1.54, 1.807) is 18.1 Å². The van der Waals surface area contributed by atoms with E-state index in [9.17, 15) is 9.59 Å². The quantitative estimate of drug-likeness (QED) is 0.749. The van der Waals surface area contributed by atoms with E-state index in [1.807, 2.05) is 18.2 Å². The first-order chi connectivity index (χ1) is 10.6. The van der Waals surface area contributed by atoms with Crippen LogP contribution in [-0.4, -0.2) is 54.4 Å². The fourth-order valence-corrected chi connectivity index (χ4v) is 2.49. The Morgan fingerprint density at radius 3 is 2.79 bits per heavy atom. The molecule has 1 aromatic rings. The van der Waals surface area contributed by atoms with Gasteiger partial charge in [-0.05, 0) is 31.5 Å². The molecule has 0 saturated carbocycles. The summed E-state index contributed by atoms with van der Waals surface area (Å²) < 4.78 is 0. The van der Waals surface area contributed by atoms with Crippen molar-refractivity contribution in [2.45, 2.75) is 31.7 Å². The molecule has 2 rings (SSSR count). The van der Waals surface area contributed by atoms with Crippen LogP contribution in [0.4, 0.5) is 0 Å². The molecule has 2 heterocycles. The van der Waals surface area contributed by atoms with Crippen LogP contribution < -0.4 is 10.6 Å². The molecule has 1 unspecified atom stereocenters. The van der Waals surface area contributed by atoms with Crippen molar-refractivity contribution in [3.8, 4) is 0 Å². The summed E-state index contributed by atoms with van der Waals surface area (Å²) in [5.74, 6) is -0.144. The zero-order valence-corrected chi connectivity index (χ0v) is 15.5. The van der Waals surface area contributed by atoms with Crippen molar-refractivity contribution in [1.82, 2.24) is 20.5 Å².